The minimum Gasteiger partial charge on any atom is -0.483 e. The van der Waals surface area contributed by atoms with Crippen LogP contribution in [0.5, 0.6) is 5.75 Å². The molecule has 0 unspecified atom stereocenters. The molecule has 0 bridgehead atoms. The van der Waals surface area contributed by atoms with Gasteiger partial charge in [-0.05, 0) is 25.8 Å². The molecule has 0 atom stereocenters. The molecule has 0 saturated carbocycles. The summed E-state index contributed by atoms with van der Waals surface area (Å²) < 4.78 is 5.98. The van der Waals surface area contributed by atoms with Crippen LogP contribution in [0.4, 0.5) is 5.82 Å². The third-order valence-electron chi connectivity index (χ3n) is 3.45. The molecule has 1 N–H and O–H groups in total. The summed E-state index contributed by atoms with van der Waals surface area (Å²) in [6.45, 7) is 7.51. The third kappa shape index (κ3) is 4.72. The number of aromatic nitrogens is 2. The summed E-state index contributed by atoms with van der Waals surface area (Å²) in [4.78, 5) is 8.91. The first-order chi connectivity index (χ1) is 10.7. The lowest BCUT2D eigenvalue weighted by molar-refractivity contribution is 0.302. The summed E-state index contributed by atoms with van der Waals surface area (Å²) in [5.41, 5.74) is 2.01. The largest absolute Gasteiger partial charge is 0.483 e. The molecular formula is C18H25N3O. The molecule has 0 amide bonds. The third-order valence-corrected chi connectivity index (χ3v) is 3.45. The lowest BCUT2D eigenvalue weighted by Gasteiger charge is -2.15. The topological polar surface area (TPSA) is 47.0 Å². The average Bonchev–Trinajstić information content (AvgIpc) is 2.51. The Labute approximate surface area is 133 Å². The molecule has 0 fully saturated rings. The maximum absolute atomic E-state index is 5.98. The predicted molar refractivity (Wildman–Crippen MR) is 90.3 cm³/mol. The van der Waals surface area contributed by atoms with Gasteiger partial charge in [-0.15, -0.1) is 0 Å². The fourth-order valence-electron chi connectivity index (χ4n) is 2.31. The molecule has 1 aromatic carbocycles. The van der Waals surface area contributed by atoms with Crippen molar-refractivity contribution in [3.63, 3.8) is 0 Å². The number of ether oxygens (including phenoxy) is 1. The summed E-state index contributed by atoms with van der Waals surface area (Å²) in [7, 11) is 0. The van der Waals surface area contributed by atoms with E-state index in [1.165, 1.54) is 12.8 Å². The van der Waals surface area contributed by atoms with Gasteiger partial charge in [0.2, 0.25) is 0 Å². The number of benzene rings is 1. The van der Waals surface area contributed by atoms with Crippen LogP contribution in [0.25, 0.3) is 0 Å². The van der Waals surface area contributed by atoms with Crippen molar-refractivity contribution in [1.29, 1.82) is 0 Å². The number of rotatable bonds is 8. The zero-order chi connectivity index (χ0) is 15.8. The van der Waals surface area contributed by atoms with E-state index >= 15 is 0 Å². The Morgan fingerprint density at radius 2 is 1.82 bits per heavy atom. The van der Waals surface area contributed by atoms with E-state index in [9.17, 15) is 0 Å². The van der Waals surface area contributed by atoms with Crippen LogP contribution in [-0.4, -0.2) is 16.5 Å². The second-order valence-corrected chi connectivity index (χ2v) is 5.44. The summed E-state index contributed by atoms with van der Waals surface area (Å²) in [6.07, 6.45) is 3.56. The maximum atomic E-state index is 5.98. The van der Waals surface area contributed by atoms with Crippen molar-refractivity contribution in [1.82, 2.24) is 9.97 Å². The van der Waals surface area contributed by atoms with E-state index in [0.717, 1.165) is 41.6 Å². The van der Waals surface area contributed by atoms with Crippen LogP contribution in [0.1, 0.15) is 43.3 Å². The molecule has 0 spiro atoms. The Morgan fingerprint density at radius 3 is 2.55 bits per heavy atom. The Hall–Kier alpha value is -2.10. The van der Waals surface area contributed by atoms with E-state index in [1.807, 2.05) is 32.0 Å². The lowest BCUT2D eigenvalue weighted by Crippen LogP contribution is -2.09. The van der Waals surface area contributed by atoms with E-state index in [2.05, 4.69) is 34.3 Å². The van der Waals surface area contributed by atoms with Crippen LogP contribution in [0, 0.1) is 13.8 Å². The van der Waals surface area contributed by atoms with E-state index in [-0.39, 0.29) is 0 Å². The molecule has 0 saturated heterocycles. The van der Waals surface area contributed by atoms with Gasteiger partial charge in [0.25, 0.3) is 0 Å². The van der Waals surface area contributed by atoms with Crippen molar-refractivity contribution in [2.45, 2.75) is 46.6 Å². The minimum atomic E-state index is 0.526. The number of hydrogen-bond acceptors (Lipinski definition) is 4. The first-order valence-electron chi connectivity index (χ1n) is 7.96. The number of anilines is 1. The van der Waals surface area contributed by atoms with Crippen molar-refractivity contribution in [3.05, 3.63) is 47.4 Å². The van der Waals surface area contributed by atoms with Gasteiger partial charge in [-0.1, -0.05) is 50.1 Å². The van der Waals surface area contributed by atoms with Crippen molar-refractivity contribution in [3.8, 4) is 5.75 Å². The molecule has 22 heavy (non-hydrogen) atoms. The fraction of sp³-hybridized carbons (Fsp3) is 0.444. The molecule has 0 aliphatic rings. The van der Waals surface area contributed by atoms with Gasteiger partial charge in [-0.2, -0.15) is 0 Å². The number of nitrogens with one attached hydrogen (secondary N) is 1. The van der Waals surface area contributed by atoms with Gasteiger partial charge in [0.15, 0.2) is 11.6 Å². The highest BCUT2D eigenvalue weighted by molar-refractivity contribution is 5.52. The van der Waals surface area contributed by atoms with Crippen LogP contribution in [-0.2, 0) is 6.61 Å². The van der Waals surface area contributed by atoms with Crippen LogP contribution < -0.4 is 10.1 Å². The fourth-order valence-corrected chi connectivity index (χ4v) is 2.31. The maximum Gasteiger partial charge on any atom is 0.183 e. The molecule has 0 aliphatic heterocycles. The van der Waals surface area contributed by atoms with Gasteiger partial charge in [0, 0.05) is 6.54 Å². The zero-order valence-corrected chi connectivity index (χ0v) is 13.7. The zero-order valence-electron chi connectivity index (χ0n) is 13.7. The first kappa shape index (κ1) is 16.3. The van der Waals surface area contributed by atoms with Crippen molar-refractivity contribution < 1.29 is 4.74 Å². The highest BCUT2D eigenvalue weighted by Crippen LogP contribution is 2.26. The number of aryl methyl sites for hydroxylation is 2. The van der Waals surface area contributed by atoms with Crippen molar-refractivity contribution in [2.75, 3.05) is 11.9 Å². The molecular weight excluding hydrogens is 274 g/mol. The van der Waals surface area contributed by atoms with Gasteiger partial charge in [0.05, 0.1) is 5.69 Å². The highest BCUT2D eigenvalue weighted by Gasteiger charge is 2.11. The molecule has 118 valence electrons. The normalized spacial score (nSPS) is 10.5. The molecule has 4 nitrogen and oxygen atoms in total. The Morgan fingerprint density at radius 1 is 1.05 bits per heavy atom. The standard InChI is InChI=1S/C18H25N3O/c1-4-5-9-12-19-18-17(14(2)20-15(3)21-18)22-13-16-10-7-6-8-11-16/h6-8,10-11H,4-5,9,12-13H2,1-3H3,(H,19,20,21). The van der Waals surface area contributed by atoms with Crippen LogP contribution in [0.15, 0.2) is 30.3 Å². The Bertz CT molecular complexity index is 584. The molecule has 4 heteroatoms. The second-order valence-electron chi connectivity index (χ2n) is 5.44. The van der Waals surface area contributed by atoms with Crippen LogP contribution in [0.2, 0.25) is 0 Å². The van der Waals surface area contributed by atoms with Crippen LogP contribution in [0.3, 0.4) is 0 Å². The van der Waals surface area contributed by atoms with Gasteiger partial charge in [-0.3, -0.25) is 0 Å². The number of unbranched alkanes of at least 4 members (excludes halogenated alkanes) is 2. The average molecular weight is 299 g/mol. The summed E-state index contributed by atoms with van der Waals surface area (Å²) >= 11 is 0. The van der Waals surface area contributed by atoms with Crippen molar-refractivity contribution in [2.24, 2.45) is 0 Å². The van der Waals surface area contributed by atoms with Gasteiger partial charge < -0.3 is 10.1 Å². The van der Waals surface area contributed by atoms with Gasteiger partial charge in [0.1, 0.15) is 12.4 Å². The van der Waals surface area contributed by atoms with E-state index in [1.54, 1.807) is 0 Å². The first-order valence-corrected chi connectivity index (χ1v) is 7.96. The Balaban J connectivity index is 2.07. The van der Waals surface area contributed by atoms with Crippen LogP contribution >= 0.6 is 0 Å². The van der Waals surface area contributed by atoms with E-state index < -0.39 is 0 Å². The SMILES string of the molecule is CCCCCNc1nc(C)nc(C)c1OCc1ccccc1. The highest BCUT2D eigenvalue weighted by atomic mass is 16.5. The molecule has 2 aromatic rings. The second kappa shape index (κ2) is 8.37. The molecule has 0 radical (unpaired) electrons. The summed E-state index contributed by atoms with van der Waals surface area (Å²) in [5, 5.41) is 3.39. The van der Waals surface area contributed by atoms with E-state index in [4.69, 9.17) is 4.74 Å². The molecule has 1 heterocycles. The van der Waals surface area contributed by atoms with Crippen molar-refractivity contribution >= 4 is 5.82 Å². The lowest BCUT2D eigenvalue weighted by atomic mass is 10.2. The quantitative estimate of drug-likeness (QED) is 0.739. The minimum absolute atomic E-state index is 0.526. The smallest absolute Gasteiger partial charge is 0.183 e. The number of nitrogens with zero attached hydrogens (tertiary/aromatic N) is 2. The summed E-state index contributed by atoms with van der Waals surface area (Å²) in [5.74, 6) is 2.32. The Kier molecular flexibility index (Phi) is 6.19. The number of hydrogen-bond donors (Lipinski definition) is 1. The molecule has 0 aliphatic carbocycles. The molecule has 1 aromatic heterocycles. The molecule has 2 rings (SSSR count). The predicted octanol–water partition coefficient (Wildman–Crippen LogP) is 4.27. The summed E-state index contributed by atoms with van der Waals surface area (Å²) in [6, 6.07) is 10.1. The van der Waals surface area contributed by atoms with E-state index in [0.29, 0.717) is 6.61 Å². The van der Waals surface area contributed by atoms with Gasteiger partial charge in [-0.25, -0.2) is 9.97 Å². The monoisotopic (exact) mass is 299 g/mol. The van der Waals surface area contributed by atoms with Gasteiger partial charge >= 0.3 is 0 Å².